The summed E-state index contributed by atoms with van der Waals surface area (Å²) in [5, 5.41) is 15.0. The number of rotatable bonds is 3. The highest BCUT2D eigenvalue weighted by atomic mass is 19.4. The Morgan fingerprint density at radius 1 is 1.43 bits per heavy atom. The maximum absolute atomic E-state index is 12.8. The monoisotopic (exact) mass is 301 g/mol. The average molecular weight is 301 g/mol. The summed E-state index contributed by atoms with van der Waals surface area (Å²) in [4.78, 5) is 3.77. The highest BCUT2D eigenvalue weighted by Crippen LogP contribution is 2.34. The lowest BCUT2D eigenvalue weighted by Gasteiger charge is -2.13. The van der Waals surface area contributed by atoms with E-state index in [0.29, 0.717) is 0 Å². The third kappa shape index (κ3) is 3.22. The number of oxime groups is 1. The van der Waals surface area contributed by atoms with Crippen molar-refractivity contribution in [2.24, 2.45) is 17.9 Å². The zero-order chi connectivity index (χ0) is 15.6. The van der Waals surface area contributed by atoms with Crippen LogP contribution in [0.1, 0.15) is 11.1 Å². The first-order valence-electron chi connectivity index (χ1n) is 5.54. The van der Waals surface area contributed by atoms with Crippen LogP contribution < -0.4 is 10.5 Å². The molecule has 0 spiro atoms. The van der Waals surface area contributed by atoms with Crippen LogP contribution in [0.3, 0.4) is 0 Å². The lowest BCUT2D eigenvalue weighted by molar-refractivity contribution is -0.137. The van der Waals surface area contributed by atoms with Crippen molar-refractivity contribution in [2.75, 3.05) is 0 Å². The fraction of sp³-hybridized carbons (Fsp3) is 0.182. The summed E-state index contributed by atoms with van der Waals surface area (Å²) < 4.78 is 45.1. The molecule has 7 nitrogen and oxygen atoms in total. The second kappa shape index (κ2) is 5.31. The largest absolute Gasteiger partial charge is 0.423 e. The molecule has 0 fully saturated rings. The van der Waals surface area contributed by atoms with Crippen LogP contribution in [0, 0.1) is 0 Å². The normalized spacial score (nSPS) is 12.5. The van der Waals surface area contributed by atoms with E-state index in [1.165, 1.54) is 11.0 Å². The molecule has 0 bridgehead atoms. The molecule has 10 heteroatoms. The van der Waals surface area contributed by atoms with Gasteiger partial charge in [0.05, 0.1) is 5.56 Å². The average Bonchev–Trinajstić information content (AvgIpc) is 2.82. The fourth-order valence-corrected chi connectivity index (χ4v) is 1.57. The van der Waals surface area contributed by atoms with Crippen molar-refractivity contribution >= 4 is 5.84 Å². The van der Waals surface area contributed by atoms with Crippen molar-refractivity contribution < 1.29 is 23.1 Å². The molecule has 2 rings (SSSR count). The van der Waals surface area contributed by atoms with Crippen LogP contribution in [0.4, 0.5) is 13.2 Å². The molecule has 1 heterocycles. The lowest BCUT2D eigenvalue weighted by Crippen LogP contribution is -2.20. The SMILES string of the molecule is Cn1cnc(Oc2ccc(C(F)(F)F)c(/C(N)=N/O)c2)n1. The predicted molar refractivity (Wildman–Crippen MR) is 65.0 cm³/mol. The van der Waals surface area contributed by atoms with Crippen molar-refractivity contribution in [3.63, 3.8) is 0 Å². The first-order valence-corrected chi connectivity index (χ1v) is 5.54. The molecule has 2 aromatic rings. The summed E-state index contributed by atoms with van der Waals surface area (Å²) in [5.41, 5.74) is 3.72. The van der Waals surface area contributed by atoms with Crippen LogP contribution in [0.15, 0.2) is 29.7 Å². The number of benzene rings is 1. The van der Waals surface area contributed by atoms with Crippen molar-refractivity contribution in [3.8, 4) is 11.8 Å². The highest BCUT2D eigenvalue weighted by Gasteiger charge is 2.34. The number of aromatic nitrogens is 3. The third-order valence-corrected chi connectivity index (χ3v) is 2.47. The minimum Gasteiger partial charge on any atom is -0.423 e. The third-order valence-electron chi connectivity index (χ3n) is 2.47. The number of nitrogens with zero attached hydrogens (tertiary/aromatic N) is 4. The Balaban J connectivity index is 2.42. The molecule has 0 saturated carbocycles. The number of ether oxygens (including phenoxy) is 1. The quantitative estimate of drug-likeness (QED) is 0.389. The van der Waals surface area contributed by atoms with E-state index in [0.717, 1.165) is 18.2 Å². The fourth-order valence-electron chi connectivity index (χ4n) is 1.57. The van der Waals surface area contributed by atoms with Gasteiger partial charge in [0.25, 0.3) is 0 Å². The standard InChI is InChI=1S/C11H10F3N5O2/c1-19-5-16-10(17-19)21-6-2-3-8(11(12,13)14)7(4-6)9(15)18-20/h2-5,20H,1H3,(H2,15,18). The van der Waals surface area contributed by atoms with Crippen LogP contribution in [-0.2, 0) is 13.2 Å². The van der Waals surface area contributed by atoms with E-state index < -0.39 is 23.1 Å². The van der Waals surface area contributed by atoms with E-state index in [1.807, 2.05) is 0 Å². The van der Waals surface area contributed by atoms with E-state index in [4.69, 9.17) is 15.7 Å². The zero-order valence-corrected chi connectivity index (χ0v) is 10.7. The van der Waals surface area contributed by atoms with Gasteiger partial charge in [-0.15, -0.1) is 5.10 Å². The Morgan fingerprint density at radius 2 is 2.14 bits per heavy atom. The zero-order valence-electron chi connectivity index (χ0n) is 10.7. The summed E-state index contributed by atoms with van der Waals surface area (Å²) in [7, 11) is 1.61. The van der Waals surface area contributed by atoms with Crippen molar-refractivity contribution in [3.05, 3.63) is 35.7 Å². The molecule has 21 heavy (non-hydrogen) atoms. The summed E-state index contributed by atoms with van der Waals surface area (Å²) >= 11 is 0. The molecular weight excluding hydrogens is 291 g/mol. The van der Waals surface area contributed by atoms with E-state index in [1.54, 1.807) is 7.05 Å². The van der Waals surface area contributed by atoms with Gasteiger partial charge in [0.2, 0.25) is 0 Å². The molecule has 0 atom stereocenters. The summed E-state index contributed by atoms with van der Waals surface area (Å²) in [5.74, 6) is -0.655. The van der Waals surface area contributed by atoms with E-state index in [2.05, 4.69) is 15.2 Å². The minimum atomic E-state index is -4.65. The van der Waals surface area contributed by atoms with Gasteiger partial charge >= 0.3 is 12.2 Å². The summed E-state index contributed by atoms with van der Waals surface area (Å²) in [6.07, 6.45) is -3.28. The van der Waals surface area contributed by atoms with Gasteiger partial charge in [-0.3, -0.25) is 4.68 Å². The van der Waals surface area contributed by atoms with Crippen LogP contribution >= 0.6 is 0 Å². The van der Waals surface area contributed by atoms with E-state index in [9.17, 15) is 13.2 Å². The number of halogens is 3. The molecule has 1 aromatic heterocycles. The molecular formula is C11H10F3N5O2. The number of hydrogen-bond acceptors (Lipinski definition) is 5. The molecule has 3 N–H and O–H groups in total. The lowest BCUT2D eigenvalue weighted by atomic mass is 10.1. The molecule has 0 amide bonds. The van der Waals surface area contributed by atoms with Crippen LogP contribution in [0.5, 0.6) is 11.8 Å². The topological polar surface area (TPSA) is 98.6 Å². The highest BCUT2D eigenvalue weighted by molar-refractivity contribution is 5.99. The summed E-state index contributed by atoms with van der Waals surface area (Å²) in [6, 6.07) is 2.82. The van der Waals surface area contributed by atoms with Gasteiger partial charge in [-0.05, 0) is 18.2 Å². The minimum absolute atomic E-state index is 0.0239. The van der Waals surface area contributed by atoms with Crippen LogP contribution in [0.2, 0.25) is 0 Å². The number of alkyl halides is 3. The molecule has 0 aliphatic carbocycles. The predicted octanol–water partition coefficient (Wildman–Crippen LogP) is 1.72. The summed E-state index contributed by atoms with van der Waals surface area (Å²) in [6.45, 7) is 0. The van der Waals surface area contributed by atoms with E-state index >= 15 is 0 Å². The molecule has 0 unspecified atom stereocenters. The molecule has 0 radical (unpaired) electrons. The first kappa shape index (κ1) is 14.6. The smallest absolute Gasteiger partial charge is 0.417 e. The first-order chi connectivity index (χ1) is 9.81. The Labute approximate surface area is 116 Å². The van der Waals surface area contributed by atoms with E-state index in [-0.39, 0.29) is 11.8 Å². The van der Waals surface area contributed by atoms with Gasteiger partial charge in [-0.1, -0.05) is 5.16 Å². The Kier molecular flexibility index (Phi) is 3.70. The second-order valence-corrected chi connectivity index (χ2v) is 3.99. The van der Waals surface area contributed by atoms with Gasteiger partial charge in [-0.2, -0.15) is 18.2 Å². The maximum Gasteiger partial charge on any atom is 0.417 e. The van der Waals surface area contributed by atoms with Crippen molar-refractivity contribution in [1.29, 1.82) is 0 Å². The molecule has 0 saturated heterocycles. The molecule has 0 aliphatic rings. The Bertz CT molecular complexity index is 681. The van der Waals surface area contributed by atoms with Gasteiger partial charge in [0, 0.05) is 12.6 Å². The van der Waals surface area contributed by atoms with Gasteiger partial charge in [0.15, 0.2) is 5.84 Å². The van der Waals surface area contributed by atoms with Gasteiger partial charge < -0.3 is 15.7 Å². The van der Waals surface area contributed by atoms with Crippen LogP contribution in [-0.4, -0.2) is 25.8 Å². The number of amidine groups is 1. The van der Waals surface area contributed by atoms with Gasteiger partial charge in [-0.25, -0.2) is 0 Å². The Morgan fingerprint density at radius 3 is 2.67 bits per heavy atom. The van der Waals surface area contributed by atoms with Crippen molar-refractivity contribution in [1.82, 2.24) is 14.8 Å². The second-order valence-electron chi connectivity index (χ2n) is 3.99. The number of nitrogens with two attached hydrogens (primary N) is 1. The molecule has 1 aromatic carbocycles. The molecule has 0 aliphatic heterocycles. The van der Waals surface area contributed by atoms with Crippen molar-refractivity contribution in [2.45, 2.75) is 6.18 Å². The Hall–Kier alpha value is -2.78. The van der Waals surface area contributed by atoms with Gasteiger partial charge in [0.1, 0.15) is 12.1 Å². The maximum atomic E-state index is 12.8. The molecule has 112 valence electrons. The van der Waals surface area contributed by atoms with Crippen LogP contribution in [0.25, 0.3) is 0 Å². The number of aryl methyl sites for hydroxylation is 1. The number of hydrogen-bond donors (Lipinski definition) is 2.